The van der Waals surface area contributed by atoms with E-state index in [1.165, 1.54) is 6.42 Å². The van der Waals surface area contributed by atoms with Gasteiger partial charge in [0.2, 0.25) is 0 Å². The van der Waals surface area contributed by atoms with Crippen LogP contribution in [0.25, 0.3) is 0 Å². The molecule has 0 bridgehead atoms. The van der Waals surface area contributed by atoms with Crippen molar-refractivity contribution in [1.29, 1.82) is 0 Å². The van der Waals surface area contributed by atoms with E-state index in [2.05, 4.69) is 5.16 Å². The lowest BCUT2D eigenvalue weighted by molar-refractivity contribution is -0.0447. The number of benzene rings is 1. The molecule has 1 atom stereocenters. The highest BCUT2D eigenvalue weighted by Crippen LogP contribution is 2.14. The highest BCUT2D eigenvalue weighted by atomic mass is 16.5. The minimum Gasteiger partial charge on any atom is -0.409 e. The van der Waals surface area contributed by atoms with Crippen molar-refractivity contribution in [3.63, 3.8) is 0 Å². The summed E-state index contributed by atoms with van der Waals surface area (Å²) < 4.78 is 11.3. The van der Waals surface area contributed by atoms with Gasteiger partial charge >= 0.3 is 0 Å². The normalized spacial score (nSPS) is 20.4. The van der Waals surface area contributed by atoms with Gasteiger partial charge in [0, 0.05) is 12.2 Å². The summed E-state index contributed by atoms with van der Waals surface area (Å²) in [6, 6.07) is 7.47. The molecular weight excluding hydrogens is 244 g/mol. The van der Waals surface area contributed by atoms with Crippen LogP contribution < -0.4 is 5.73 Å². The molecule has 0 spiro atoms. The van der Waals surface area contributed by atoms with E-state index in [1.54, 1.807) is 6.07 Å². The zero-order valence-electron chi connectivity index (χ0n) is 10.9. The molecule has 1 aliphatic rings. The first kappa shape index (κ1) is 13.8. The van der Waals surface area contributed by atoms with Crippen LogP contribution in [0.5, 0.6) is 0 Å². The summed E-state index contributed by atoms with van der Waals surface area (Å²) in [4.78, 5) is 0. The van der Waals surface area contributed by atoms with Crippen LogP contribution in [0.4, 0.5) is 0 Å². The van der Waals surface area contributed by atoms with E-state index in [0.29, 0.717) is 18.8 Å². The van der Waals surface area contributed by atoms with Gasteiger partial charge in [0.1, 0.15) is 0 Å². The van der Waals surface area contributed by atoms with Crippen molar-refractivity contribution < 1.29 is 14.7 Å². The molecule has 104 valence electrons. The first-order chi connectivity index (χ1) is 9.29. The van der Waals surface area contributed by atoms with Gasteiger partial charge in [-0.15, -0.1) is 0 Å². The molecule has 19 heavy (non-hydrogen) atoms. The van der Waals surface area contributed by atoms with Crippen LogP contribution >= 0.6 is 0 Å². The molecule has 1 aromatic carbocycles. The van der Waals surface area contributed by atoms with Gasteiger partial charge in [-0.25, -0.2) is 0 Å². The fourth-order valence-corrected chi connectivity index (χ4v) is 2.13. The molecule has 0 aromatic heterocycles. The van der Waals surface area contributed by atoms with E-state index >= 15 is 0 Å². The molecule has 1 heterocycles. The summed E-state index contributed by atoms with van der Waals surface area (Å²) in [5, 5.41) is 11.6. The molecule has 1 unspecified atom stereocenters. The number of hydrogen-bond acceptors (Lipinski definition) is 4. The number of hydrogen-bond donors (Lipinski definition) is 2. The lowest BCUT2D eigenvalue weighted by Crippen LogP contribution is -2.24. The maximum atomic E-state index is 8.64. The fourth-order valence-electron chi connectivity index (χ4n) is 2.13. The van der Waals surface area contributed by atoms with E-state index in [4.69, 9.17) is 20.4 Å². The highest BCUT2D eigenvalue weighted by Gasteiger charge is 2.13. The molecule has 0 aliphatic carbocycles. The summed E-state index contributed by atoms with van der Waals surface area (Å²) in [6.07, 6.45) is 3.66. The number of nitrogens with zero attached hydrogens (tertiary/aromatic N) is 1. The molecular formula is C14H20N2O3. The SMILES string of the molecule is N/C(=N\O)c1cccc(COCC2CCCCO2)c1. The zero-order valence-corrected chi connectivity index (χ0v) is 10.9. The Morgan fingerprint density at radius 1 is 1.47 bits per heavy atom. The predicted octanol–water partition coefficient (Wildman–Crippen LogP) is 1.87. The maximum absolute atomic E-state index is 8.64. The Hall–Kier alpha value is -1.59. The lowest BCUT2D eigenvalue weighted by Gasteiger charge is -2.22. The minimum absolute atomic E-state index is 0.109. The van der Waals surface area contributed by atoms with Crippen molar-refractivity contribution in [3.05, 3.63) is 35.4 Å². The molecule has 1 fully saturated rings. The van der Waals surface area contributed by atoms with Crippen LogP contribution in [0.1, 0.15) is 30.4 Å². The number of oxime groups is 1. The molecule has 0 radical (unpaired) electrons. The van der Waals surface area contributed by atoms with Crippen LogP contribution in [0.3, 0.4) is 0 Å². The Labute approximate surface area is 113 Å². The quantitative estimate of drug-likeness (QED) is 0.368. The first-order valence-electron chi connectivity index (χ1n) is 6.56. The topological polar surface area (TPSA) is 77.1 Å². The highest BCUT2D eigenvalue weighted by molar-refractivity contribution is 5.97. The van der Waals surface area contributed by atoms with Crippen LogP contribution in [0.2, 0.25) is 0 Å². The van der Waals surface area contributed by atoms with Crippen molar-refractivity contribution in [2.45, 2.75) is 32.0 Å². The van der Waals surface area contributed by atoms with Crippen molar-refractivity contribution in [2.75, 3.05) is 13.2 Å². The van der Waals surface area contributed by atoms with Gasteiger partial charge in [0.15, 0.2) is 5.84 Å². The van der Waals surface area contributed by atoms with Crippen molar-refractivity contribution in [2.24, 2.45) is 10.9 Å². The largest absolute Gasteiger partial charge is 0.409 e. The van der Waals surface area contributed by atoms with E-state index in [9.17, 15) is 0 Å². The molecule has 5 heteroatoms. The van der Waals surface area contributed by atoms with Crippen molar-refractivity contribution >= 4 is 5.84 Å². The molecule has 2 rings (SSSR count). The summed E-state index contributed by atoms with van der Waals surface area (Å²) in [6.45, 7) is 1.97. The van der Waals surface area contributed by atoms with Gasteiger partial charge in [0.05, 0.1) is 19.3 Å². The third kappa shape index (κ3) is 4.22. The molecule has 0 saturated carbocycles. The maximum Gasteiger partial charge on any atom is 0.170 e. The predicted molar refractivity (Wildman–Crippen MR) is 72.2 cm³/mol. The molecule has 0 amide bonds. The van der Waals surface area contributed by atoms with Gasteiger partial charge in [0.25, 0.3) is 0 Å². The number of amidine groups is 1. The average Bonchev–Trinajstić information content (AvgIpc) is 2.48. The monoisotopic (exact) mass is 264 g/mol. The summed E-state index contributed by atoms with van der Waals surface area (Å²) in [5.74, 6) is 0.109. The molecule has 1 aromatic rings. The molecule has 3 N–H and O–H groups in total. The van der Waals surface area contributed by atoms with Crippen LogP contribution in [0.15, 0.2) is 29.4 Å². The van der Waals surface area contributed by atoms with E-state index in [0.717, 1.165) is 25.0 Å². The zero-order chi connectivity index (χ0) is 13.5. The van der Waals surface area contributed by atoms with Crippen LogP contribution in [-0.2, 0) is 16.1 Å². The summed E-state index contributed by atoms with van der Waals surface area (Å²) in [5.41, 5.74) is 7.24. The lowest BCUT2D eigenvalue weighted by atomic mass is 10.1. The summed E-state index contributed by atoms with van der Waals surface area (Å²) in [7, 11) is 0. The van der Waals surface area contributed by atoms with Crippen LogP contribution in [-0.4, -0.2) is 30.4 Å². The average molecular weight is 264 g/mol. The summed E-state index contributed by atoms with van der Waals surface area (Å²) >= 11 is 0. The Bertz CT molecular complexity index is 428. The van der Waals surface area contributed by atoms with Crippen LogP contribution in [0, 0.1) is 0 Å². The Morgan fingerprint density at radius 3 is 3.11 bits per heavy atom. The Kier molecular flexibility index (Phi) is 5.18. The van der Waals surface area contributed by atoms with Gasteiger partial charge in [-0.05, 0) is 30.9 Å². The first-order valence-corrected chi connectivity index (χ1v) is 6.56. The number of ether oxygens (including phenoxy) is 2. The smallest absolute Gasteiger partial charge is 0.170 e. The Morgan fingerprint density at radius 2 is 2.37 bits per heavy atom. The van der Waals surface area contributed by atoms with E-state index < -0.39 is 0 Å². The van der Waals surface area contributed by atoms with Crippen molar-refractivity contribution in [3.8, 4) is 0 Å². The number of nitrogens with two attached hydrogens (primary N) is 1. The second kappa shape index (κ2) is 7.11. The third-order valence-electron chi connectivity index (χ3n) is 3.18. The van der Waals surface area contributed by atoms with Gasteiger partial charge in [-0.2, -0.15) is 0 Å². The fraction of sp³-hybridized carbons (Fsp3) is 0.500. The van der Waals surface area contributed by atoms with E-state index in [-0.39, 0.29) is 11.9 Å². The molecule has 1 aliphatic heterocycles. The van der Waals surface area contributed by atoms with E-state index in [1.807, 2.05) is 18.2 Å². The van der Waals surface area contributed by atoms with Gasteiger partial charge < -0.3 is 20.4 Å². The third-order valence-corrected chi connectivity index (χ3v) is 3.18. The second-order valence-corrected chi connectivity index (χ2v) is 4.69. The van der Waals surface area contributed by atoms with Crippen molar-refractivity contribution in [1.82, 2.24) is 0 Å². The van der Waals surface area contributed by atoms with Gasteiger partial charge in [-0.1, -0.05) is 23.4 Å². The standard InChI is InChI=1S/C14H20N2O3/c15-14(16-17)12-5-3-4-11(8-12)9-18-10-13-6-1-2-7-19-13/h3-5,8,13,17H,1-2,6-7,9-10H2,(H2,15,16). The molecule has 5 nitrogen and oxygen atoms in total. The minimum atomic E-state index is 0.109. The van der Waals surface area contributed by atoms with Gasteiger partial charge in [-0.3, -0.25) is 0 Å². The number of rotatable bonds is 5. The molecule has 1 saturated heterocycles. The second-order valence-electron chi connectivity index (χ2n) is 4.69. The Balaban J connectivity index is 1.82.